The molecular weight excluding hydrogens is 286 g/mol. The first-order valence-electron chi connectivity index (χ1n) is 8.06. The highest BCUT2D eigenvalue weighted by Gasteiger charge is 2.07. The lowest BCUT2D eigenvalue weighted by Gasteiger charge is -2.10. The van der Waals surface area contributed by atoms with Crippen LogP contribution in [0.5, 0.6) is 0 Å². The second kappa shape index (κ2) is 7.93. The summed E-state index contributed by atoms with van der Waals surface area (Å²) in [6.07, 6.45) is 1.41. The van der Waals surface area contributed by atoms with Crippen molar-refractivity contribution in [1.29, 1.82) is 0 Å². The van der Waals surface area contributed by atoms with Crippen molar-refractivity contribution in [2.45, 2.75) is 40.2 Å². The molecule has 2 aromatic carbocycles. The molecule has 0 aromatic heterocycles. The highest BCUT2D eigenvalue weighted by atomic mass is 16.3. The summed E-state index contributed by atoms with van der Waals surface area (Å²) in [5.74, 6) is 0.589. The van der Waals surface area contributed by atoms with Crippen molar-refractivity contribution < 1.29 is 9.90 Å². The smallest absolute Gasteiger partial charge is 0.228 e. The van der Waals surface area contributed by atoms with Crippen LogP contribution >= 0.6 is 0 Å². The molecule has 3 heteroatoms. The van der Waals surface area contributed by atoms with Gasteiger partial charge in [0.15, 0.2) is 0 Å². The molecule has 0 saturated heterocycles. The van der Waals surface area contributed by atoms with E-state index in [1.807, 2.05) is 37.3 Å². The van der Waals surface area contributed by atoms with Gasteiger partial charge in [0.2, 0.25) is 5.91 Å². The van der Waals surface area contributed by atoms with Crippen LogP contribution in [-0.4, -0.2) is 11.0 Å². The molecule has 0 unspecified atom stereocenters. The summed E-state index contributed by atoms with van der Waals surface area (Å²) < 4.78 is 0. The maximum Gasteiger partial charge on any atom is 0.228 e. The van der Waals surface area contributed by atoms with Crippen molar-refractivity contribution in [3.63, 3.8) is 0 Å². The van der Waals surface area contributed by atoms with Crippen LogP contribution in [0.3, 0.4) is 0 Å². The van der Waals surface area contributed by atoms with Crippen LogP contribution in [0.4, 0.5) is 5.69 Å². The molecule has 2 aromatic rings. The van der Waals surface area contributed by atoms with E-state index in [2.05, 4.69) is 31.3 Å². The fourth-order valence-electron chi connectivity index (χ4n) is 2.55. The van der Waals surface area contributed by atoms with Gasteiger partial charge in [-0.3, -0.25) is 4.79 Å². The molecular formula is C20H25NO2. The average Bonchev–Trinajstić information content (AvgIpc) is 2.51. The minimum absolute atomic E-state index is 0.0273. The number of aliphatic hydroxyl groups is 1. The minimum Gasteiger partial charge on any atom is -0.392 e. The normalized spacial score (nSPS) is 10.8. The summed E-state index contributed by atoms with van der Waals surface area (Å²) in [5.41, 5.74) is 4.85. The first-order chi connectivity index (χ1) is 11.0. The molecule has 0 aliphatic carbocycles. The molecule has 0 fully saturated rings. The van der Waals surface area contributed by atoms with E-state index in [1.54, 1.807) is 0 Å². The molecule has 23 heavy (non-hydrogen) atoms. The zero-order valence-electron chi connectivity index (χ0n) is 14.1. The van der Waals surface area contributed by atoms with Gasteiger partial charge in [0.05, 0.1) is 13.0 Å². The lowest BCUT2D eigenvalue weighted by atomic mass is 10.0. The quantitative estimate of drug-likeness (QED) is 0.851. The van der Waals surface area contributed by atoms with Gasteiger partial charge < -0.3 is 10.4 Å². The number of benzene rings is 2. The van der Waals surface area contributed by atoms with E-state index in [0.717, 1.165) is 28.8 Å². The third-order valence-corrected chi connectivity index (χ3v) is 3.79. The molecule has 0 saturated carbocycles. The molecule has 122 valence electrons. The summed E-state index contributed by atoms with van der Waals surface area (Å²) in [4.78, 5) is 12.2. The van der Waals surface area contributed by atoms with Crippen molar-refractivity contribution in [3.8, 4) is 0 Å². The predicted octanol–water partition coefficient (Wildman–Crippen LogP) is 3.87. The number of nitrogens with one attached hydrogen (secondary N) is 1. The highest BCUT2D eigenvalue weighted by Crippen LogP contribution is 2.18. The van der Waals surface area contributed by atoms with Gasteiger partial charge in [0.1, 0.15) is 0 Å². The Hall–Kier alpha value is -2.13. The monoisotopic (exact) mass is 311 g/mol. The van der Waals surface area contributed by atoms with Gasteiger partial charge in [-0.2, -0.15) is 0 Å². The summed E-state index contributed by atoms with van der Waals surface area (Å²) in [5, 5.41) is 12.1. The van der Waals surface area contributed by atoms with Crippen LogP contribution < -0.4 is 5.32 Å². The Balaban J connectivity index is 1.99. The summed E-state index contributed by atoms with van der Waals surface area (Å²) >= 11 is 0. The Labute approximate surface area is 138 Å². The number of aryl methyl sites for hydroxylation is 1. The molecule has 0 bridgehead atoms. The van der Waals surface area contributed by atoms with Crippen molar-refractivity contribution >= 4 is 11.6 Å². The number of carbonyl (C=O) groups is 1. The molecule has 0 radical (unpaired) electrons. The van der Waals surface area contributed by atoms with Gasteiger partial charge in [0, 0.05) is 5.69 Å². The molecule has 0 aliphatic heterocycles. The lowest BCUT2D eigenvalue weighted by molar-refractivity contribution is -0.115. The molecule has 3 nitrogen and oxygen atoms in total. The predicted molar refractivity (Wildman–Crippen MR) is 94.4 cm³/mol. The van der Waals surface area contributed by atoms with E-state index in [9.17, 15) is 9.90 Å². The molecule has 0 spiro atoms. The Bertz CT molecular complexity index is 660. The third-order valence-electron chi connectivity index (χ3n) is 3.79. The fourth-order valence-corrected chi connectivity index (χ4v) is 2.55. The highest BCUT2D eigenvalue weighted by molar-refractivity contribution is 5.93. The number of hydrogen-bond donors (Lipinski definition) is 2. The second-order valence-corrected chi connectivity index (χ2v) is 6.45. The van der Waals surface area contributed by atoms with E-state index < -0.39 is 0 Å². The Morgan fingerprint density at radius 1 is 1.04 bits per heavy atom. The number of aliphatic hydroxyl groups excluding tert-OH is 1. The summed E-state index contributed by atoms with van der Waals surface area (Å²) in [6, 6.07) is 13.8. The first-order valence-corrected chi connectivity index (χ1v) is 8.06. The number of carbonyl (C=O) groups excluding carboxylic acids is 1. The van der Waals surface area contributed by atoms with Crippen molar-refractivity contribution in [2.24, 2.45) is 5.92 Å². The van der Waals surface area contributed by atoms with E-state index in [0.29, 0.717) is 12.3 Å². The Kier molecular flexibility index (Phi) is 5.94. The fraction of sp³-hybridized carbons (Fsp3) is 0.350. The molecule has 2 N–H and O–H groups in total. The second-order valence-electron chi connectivity index (χ2n) is 6.45. The topological polar surface area (TPSA) is 49.3 Å². The number of anilines is 1. The van der Waals surface area contributed by atoms with Gasteiger partial charge in [0.25, 0.3) is 0 Å². The van der Waals surface area contributed by atoms with Crippen LogP contribution in [0.1, 0.15) is 36.1 Å². The van der Waals surface area contributed by atoms with Gasteiger partial charge in [-0.05, 0) is 47.6 Å². The lowest BCUT2D eigenvalue weighted by Crippen LogP contribution is -2.15. The van der Waals surface area contributed by atoms with Crippen LogP contribution in [0.2, 0.25) is 0 Å². The van der Waals surface area contributed by atoms with E-state index in [-0.39, 0.29) is 12.5 Å². The van der Waals surface area contributed by atoms with Crippen LogP contribution in [0.15, 0.2) is 42.5 Å². The Morgan fingerprint density at radius 2 is 1.65 bits per heavy atom. The number of rotatable bonds is 6. The molecule has 1 amide bonds. The van der Waals surface area contributed by atoms with Crippen molar-refractivity contribution in [1.82, 2.24) is 0 Å². The molecule has 0 heterocycles. The third kappa shape index (κ3) is 5.22. The van der Waals surface area contributed by atoms with E-state index in [4.69, 9.17) is 0 Å². The van der Waals surface area contributed by atoms with E-state index in [1.165, 1.54) is 5.56 Å². The maximum atomic E-state index is 12.2. The summed E-state index contributed by atoms with van der Waals surface area (Å²) in [7, 11) is 0. The van der Waals surface area contributed by atoms with Crippen molar-refractivity contribution in [3.05, 3.63) is 64.7 Å². The minimum atomic E-state index is -0.0419. The van der Waals surface area contributed by atoms with Gasteiger partial charge in [-0.1, -0.05) is 50.2 Å². The van der Waals surface area contributed by atoms with E-state index >= 15 is 0 Å². The van der Waals surface area contributed by atoms with Crippen LogP contribution in [0.25, 0.3) is 0 Å². The van der Waals surface area contributed by atoms with Gasteiger partial charge in [-0.15, -0.1) is 0 Å². The molecule has 0 atom stereocenters. The standard InChI is InChI=1S/C20H25NO2/c1-14(2)10-16-6-8-17(9-7-16)12-20(23)21-19-11-18(13-22)5-4-15(19)3/h4-9,11,14,22H,10,12-13H2,1-3H3,(H,21,23). The zero-order chi connectivity index (χ0) is 16.8. The number of amides is 1. The number of hydrogen-bond acceptors (Lipinski definition) is 2. The van der Waals surface area contributed by atoms with Gasteiger partial charge in [-0.25, -0.2) is 0 Å². The summed E-state index contributed by atoms with van der Waals surface area (Å²) in [6.45, 7) is 6.31. The zero-order valence-corrected chi connectivity index (χ0v) is 14.1. The SMILES string of the molecule is Cc1ccc(CO)cc1NC(=O)Cc1ccc(CC(C)C)cc1. The first kappa shape index (κ1) is 17.2. The maximum absolute atomic E-state index is 12.2. The molecule has 2 rings (SSSR count). The largest absolute Gasteiger partial charge is 0.392 e. The Morgan fingerprint density at radius 3 is 2.26 bits per heavy atom. The van der Waals surface area contributed by atoms with Crippen LogP contribution in [-0.2, 0) is 24.2 Å². The van der Waals surface area contributed by atoms with Crippen LogP contribution in [0, 0.1) is 12.8 Å². The van der Waals surface area contributed by atoms with Crippen molar-refractivity contribution in [2.75, 3.05) is 5.32 Å². The average molecular weight is 311 g/mol. The molecule has 0 aliphatic rings. The van der Waals surface area contributed by atoms with Gasteiger partial charge >= 0.3 is 0 Å².